The van der Waals surface area contributed by atoms with Gasteiger partial charge in [0.15, 0.2) is 6.61 Å². The lowest BCUT2D eigenvalue weighted by Gasteiger charge is -2.32. The third-order valence-electron chi connectivity index (χ3n) is 5.23. The number of hydrogen-bond donors (Lipinski definition) is 2. The van der Waals surface area contributed by atoms with E-state index >= 15 is 0 Å². The van der Waals surface area contributed by atoms with Crippen LogP contribution in [0.5, 0.6) is 17.2 Å². The fourth-order valence-corrected chi connectivity index (χ4v) is 3.43. The van der Waals surface area contributed by atoms with Gasteiger partial charge in [-0.2, -0.15) is 0 Å². The van der Waals surface area contributed by atoms with Crippen LogP contribution >= 0.6 is 0 Å². The van der Waals surface area contributed by atoms with Gasteiger partial charge < -0.3 is 29.7 Å². The van der Waals surface area contributed by atoms with Gasteiger partial charge in [-0.05, 0) is 30.9 Å². The molecule has 8 nitrogen and oxygen atoms in total. The summed E-state index contributed by atoms with van der Waals surface area (Å²) in [6.45, 7) is 1.92. The summed E-state index contributed by atoms with van der Waals surface area (Å²) < 4.78 is 16.0. The van der Waals surface area contributed by atoms with E-state index < -0.39 is 0 Å². The number of benzene rings is 2. The molecule has 31 heavy (non-hydrogen) atoms. The van der Waals surface area contributed by atoms with E-state index in [4.69, 9.17) is 14.2 Å². The summed E-state index contributed by atoms with van der Waals surface area (Å²) in [7, 11) is 3.12. The smallest absolute Gasteiger partial charge is 0.319 e. The number of rotatable bonds is 8. The van der Waals surface area contributed by atoms with Crippen LogP contribution in [-0.4, -0.2) is 57.3 Å². The van der Waals surface area contributed by atoms with Crippen LogP contribution in [0, 0.1) is 5.92 Å². The van der Waals surface area contributed by atoms with Crippen molar-refractivity contribution in [2.24, 2.45) is 5.92 Å². The van der Waals surface area contributed by atoms with E-state index in [1.165, 1.54) is 0 Å². The maximum atomic E-state index is 12.4. The first-order valence-electron chi connectivity index (χ1n) is 10.3. The maximum Gasteiger partial charge on any atom is 0.319 e. The quantitative estimate of drug-likeness (QED) is 0.676. The van der Waals surface area contributed by atoms with Crippen LogP contribution in [-0.2, 0) is 4.79 Å². The Bertz CT molecular complexity index is 845. The van der Waals surface area contributed by atoms with Crippen molar-refractivity contribution >= 4 is 17.6 Å². The molecule has 0 bridgehead atoms. The Morgan fingerprint density at radius 1 is 0.968 bits per heavy atom. The highest BCUT2D eigenvalue weighted by molar-refractivity contribution is 5.89. The molecule has 0 radical (unpaired) electrons. The van der Waals surface area contributed by atoms with Crippen LogP contribution in [0.15, 0.2) is 48.5 Å². The number of piperidine rings is 1. The van der Waals surface area contributed by atoms with Gasteiger partial charge in [0.25, 0.3) is 5.91 Å². The Labute approximate surface area is 182 Å². The summed E-state index contributed by atoms with van der Waals surface area (Å²) in [5.74, 6) is 2.20. The molecule has 2 aromatic carbocycles. The standard InChI is InChI=1S/C23H29N3O5/c1-29-20-12-18(13-21(14-20)30-2)25-23(28)24-15-17-8-10-26(11-9-17)22(27)16-31-19-6-4-3-5-7-19/h3-7,12-14,17H,8-11,15-16H2,1-2H3,(H2,24,25,28). The fourth-order valence-electron chi connectivity index (χ4n) is 3.43. The first kappa shape index (κ1) is 22.3. The molecule has 0 aromatic heterocycles. The van der Waals surface area contributed by atoms with Crippen molar-refractivity contribution in [2.75, 3.05) is 45.8 Å². The van der Waals surface area contributed by atoms with Crippen molar-refractivity contribution < 1.29 is 23.8 Å². The summed E-state index contributed by atoms with van der Waals surface area (Å²) >= 11 is 0. The van der Waals surface area contributed by atoms with E-state index in [2.05, 4.69) is 10.6 Å². The molecule has 0 aliphatic carbocycles. The van der Waals surface area contributed by atoms with Gasteiger partial charge in [-0.3, -0.25) is 4.79 Å². The number of likely N-dealkylation sites (tertiary alicyclic amines) is 1. The molecular weight excluding hydrogens is 398 g/mol. The third-order valence-corrected chi connectivity index (χ3v) is 5.23. The van der Waals surface area contributed by atoms with Gasteiger partial charge in [0.1, 0.15) is 17.2 Å². The summed E-state index contributed by atoms with van der Waals surface area (Å²) in [5, 5.41) is 5.71. The molecule has 0 unspecified atom stereocenters. The van der Waals surface area contributed by atoms with Crippen LogP contribution in [0.3, 0.4) is 0 Å². The molecule has 1 fully saturated rings. The molecule has 8 heteroatoms. The van der Waals surface area contributed by atoms with Gasteiger partial charge in [0, 0.05) is 43.5 Å². The van der Waals surface area contributed by atoms with Crippen LogP contribution in [0.1, 0.15) is 12.8 Å². The molecule has 1 saturated heterocycles. The van der Waals surface area contributed by atoms with E-state index in [0.717, 1.165) is 12.8 Å². The predicted molar refractivity (Wildman–Crippen MR) is 118 cm³/mol. The molecule has 0 spiro atoms. The summed E-state index contributed by atoms with van der Waals surface area (Å²) in [6.07, 6.45) is 1.68. The molecular formula is C23H29N3O5. The topological polar surface area (TPSA) is 89.1 Å². The zero-order valence-electron chi connectivity index (χ0n) is 17.9. The second kappa shape index (κ2) is 11.1. The van der Waals surface area contributed by atoms with Gasteiger partial charge in [-0.15, -0.1) is 0 Å². The van der Waals surface area contributed by atoms with Gasteiger partial charge in [-0.1, -0.05) is 18.2 Å². The Morgan fingerprint density at radius 2 is 1.61 bits per heavy atom. The molecule has 1 aliphatic heterocycles. The molecule has 166 valence electrons. The van der Waals surface area contributed by atoms with Gasteiger partial charge in [0.05, 0.1) is 14.2 Å². The minimum Gasteiger partial charge on any atom is -0.497 e. The van der Waals surface area contributed by atoms with E-state index in [1.807, 2.05) is 35.2 Å². The van der Waals surface area contributed by atoms with Crippen molar-refractivity contribution in [1.82, 2.24) is 10.2 Å². The van der Waals surface area contributed by atoms with Crippen LogP contribution in [0.2, 0.25) is 0 Å². The Balaban J connectivity index is 1.38. The number of hydrogen-bond acceptors (Lipinski definition) is 5. The van der Waals surface area contributed by atoms with Crippen molar-refractivity contribution in [3.05, 3.63) is 48.5 Å². The van der Waals surface area contributed by atoms with Crippen molar-refractivity contribution in [3.8, 4) is 17.2 Å². The molecule has 2 N–H and O–H groups in total. The number of nitrogens with one attached hydrogen (secondary N) is 2. The second-order valence-electron chi connectivity index (χ2n) is 7.36. The molecule has 0 saturated carbocycles. The number of carbonyl (C=O) groups excluding carboxylic acids is 2. The van der Waals surface area contributed by atoms with E-state index in [0.29, 0.717) is 48.5 Å². The Hall–Kier alpha value is -3.42. The predicted octanol–water partition coefficient (Wildman–Crippen LogP) is 3.14. The number of nitrogens with zero attached hydrogens (tertiary/aromatic N) is 1. The second-order valence-corrected chi connectivity index (χ2v) is 7.36. The molecule has 3 rings (SSSR count). The van der Waals surface area contributed by atoms with Crippen molar-refractivity contribution in [3.63, 3.8) is 0 Å². The monoisotopic (exact) mass is 427 g/mol. The van der Waals surface area contributed by atoms with E-state index in [1.54, 1.807) is 32.4 Å². The maximum absolute atomic E-state index is 12.4. The number of urea groups is 1. The average Bonchev–Trinajstić information content (AvgIpc) is 2.81. The first-order chi connectivity index (χ1) is 15.1. The fraction of sp³-hybridized carbons (Fsp3) is 0.391. The number of para-hydroxylation sites is 1. The van der Waals surface area contributed by atoms with Crippen LogP contribution in [0.25, 0.3) is 0 Å². The zero-order valence-corrected chi connectivity index (χ0v) is 17.9. The zero-order chi connectivity index (χ0) is 22.1. The normalized spacial score (nSPS) is 13.9. The van der Waals surface area contributed by atoms with Crippen LogP contribution in [0.4, 0.5) is 10.5 Å². The third kappa shape index (κ3) is 6.80. The number of methoxy groups -OCH3 is 2. The lowest BCUT2D eigenvalue weighted by molar-refractivity contribution is -0.134. The minimum atomic E-state index is -0.287. The number of anilines is 1. The molecule has 1 aliphatic rings. The number of ether oxygens (including phenoxy) is 3. The van der Waals surface area contributed by atoms with Gasteiger partial charge >= 0.3 is 6.03 Å². The molecule has 1 heterocycles. The molecule has 2 aromatic rings. The molecule has 3 amide bonds. The van der Waals surface area contributed by atoms with Gasteiger partial charge in [0.2, 0.25) is 0 Å². The van der Waals surface area contributed by atoms with E-state index in [-0.39, 0.29) is 18.5 Å². The first-order valence-corrected chi connectivity index (χ1v) is 10.3. The summed E-state index contributed by atoms with van der Waals surface area (Å²) in [6, 6.07) is 14.2. The van der Waals surface area contributed by atoms with Gasteiger partial charge in [-0.25, -0.2) is 4.79 Å². The Kier molecular flexibility index (Phi) is 7.98. The average molecular weight is 428 g/mol. The highest BCUT2D eigenvalue weighted by Gasteiger charge is 2.23. The van der Waals surface area contributed by atoms with Crippen LogP contribution < -0.4 is 24.8 Å². The highest BCUT2D eigenvalue weighted by atomic mass is 16.5. The Morgan fingerprint density at radius 3 is 2.23 bits per heavy atom. The summed E-state index contributed by atoms with van der Waals surface area (Å²) in [5.41, 5.74) is 0.590. The largest absolute Gasteiger partial charge is 0.497 e. The lowest BCUT2D eigenvalue weighted by Crippen LogP contribution is -2.43. The van der Waals surface area contributed by atoms with Crippen molar-refractivity contribution in [1.29, 1.82) is 0 Å². The van der Waals surface area contributed by atoms with E-state index in [9.17, 15) is 9.59 Å². The van der Waals surface area contributed by atoms with Crippen molar-refractivity contribution in [2.45, 2.75) is 12.8 Å². The SMILES string of the molecule is COc1cc(NC(=O)NCC2CCN(C(=O)COc3ccccc3)CC2)cc(OC)c1. The lowest BCUT2D eigenvalue weighted by atomic mass is 9.97. The number of carbonyl (C=O) groups is 2. The summed E-state index contributed by atoms with van der Waals surface area (Å²) in [4.78, 5) is 26.4. The number of amides is 3. The molecule has 0 atom stereocenters. The minimum absolute atomic E-state index is 0.0139. The highest BCUT2D eigenvalue weighted by Crippen LogP contribution is 2.25.